The fourth-order valence-corrected chi connectivity index (χ4v) is 10.9. The minimum Gasteiger partial charge on any atom is -0.310 e. The average molecular weight is 690 g/mol. The van der Waals surface area contributed by atoms with E-state index in [-0.39, 0.29) is 17.5 Å². The molecule has 1 aliphatic carbocycles. The van der Waals surface area contributed by atoms with E-state index in [1.54, 1.807) is 0 Å². The zero-order valence-electron chi connectivity index (χ0n) is 31.5. The molecular weight excluding hydrogens is 645 g/mol. The number of anilines is 3. The first kappa shape index (κ1) is 31.8. The molecular formula is C49H44BNS. The molecule has 0 fully saturated rings. The van der Waals surface area contributed by atoms with E-state index in [0.29, 0.717) is 0 Å². The topological polar surface area (TPSA) is 3.24 Å². The number of nitrogens with zero attached hydrogens (tertiary/aromatic N) is 1. The van der Waals surface area contributed by atoms with E-state index in [4.69, 9.17) is 0 Å². The van der Waals surface area contributed by atoms with E-state index in [2.05, 4.69) is 182 Å². The molecule has 3 heterocycles. The summed E-state index contributed by atoms with van der Waals surface area (Å²) < 4.78 is 2.80. The Morgan fingerprint density at radius 2 is 1.21 bits per heavy atom. The van der Waals surface area contributed by atoms with E-state index in [1.165, 1.54) is 98.5 Å². The summed E-state index contributed by atoms with van der Waals surface area (Å²) in [6.45, 7) is 18.7. The molecule has 0 atom stereocenters. The first-order valence-electron chi connectivity index (χ1n) is 18.8. The first-order chi connectivity index (χ1) is 24.9. The maximum absolute atomic E-state index is 2.64. The Labute approximate surface area is 313 Å². The second-order valence-electron chi connectivity index (χ2n) is 17.5. The molecule has 0 radical (unpaired) electrons. The van der Waals surface area contributed by atoms with E-state index in [1.807, 2.05) is 11.3 Å². The summed E-state index contributed by atoms with van der Waals surface area (Å²) >= 11 is 2.00. The van der Waals surface area contributed by atoms with E-state index < -0.39 is 5.41 Å². The molecule has 0 saturated heterocycles. The Morgan fingerprint density at radius 3 is 1.87 bits per heavy atom. The molecule has 3 aliphatic rings. The first-order valence-corrected chi connectivity index (χ1v) is 19.6. The van der Waals surface area contributed by atoms with Crippen LogP contribution in [0.3, 0.4) is 0 Å². The van der Waals surface area contributed by atoms with E-state index in [9.17, 15) is 0 Å². The molecule has 0 N–H and O–H groups in total. The third-order valence-electron chi connectivity index (χ3n) is 12.2. The maximum atomic E-state index is 2.64. The number of hydrogen-bond donors (Lipinski definition) is 0. The van der Waals surface area contributed by atoms with Crippen molar-refractivity contribution in [3.8, 4) is 11.1 Å². The zero-order chi connectivity index (χ0) is 35.9. The highest BCUT2D eigenvalue weighted by atomic mass is 32.1. The molecule has 1 nitrogen and oxygen atoms in total. The van der Waals surface area contributed by atoms with Gasteiger partial charge in [0, 0.05) is 26.2 Å². The van der Waals surface area contributed by atoms with E-state index >= 15 is 0 Å². The molecule has 254 valence electrons. The zero-order valence-corrected chi connectivity index (χ0v) is 32.3. The Bertz CT molecular complexity index is 2580. The summed E-state index contributed by atoms with van der Waals surface area (Å²) in [4.78, 5) is 2.64. The number of hydrogen-bond acceptors (Lipinski definition) is 2. The summed E-state index contributed by atoms with van der Waals surface area (Å²) in [5.74, 6) is 0. The Hall–Kier alpha value is -4.86. The van der Waals surface area contributed by atoms with Crippen molar-refractivity contribution in [3.63, 3.8) is 0 Å². The van der Waals surface area contributed by atoms with Gasteiger partial charge in [-0.2, -0.15) is 0 Å². The molecule has 10 rings (SSSR count). The predicted octanol–water partition coefficient (Wildman–Crippen LogP) is 11.1. The van der Waals surface area contributed by atoms with Crippen LogP contribution in [0.5, 0.6) is 0 Å². The molecule has 0 bridgehead atoms. The van der Waals surface area contributed by atoms with Gasteiger partial charge in [0.25, 0.3) is 6.71 Å². The molecule has 0 saturated carbocycles. The van der Waals surface area contributed by atoms with Crippen LogP contribution in [0.4, 0.5) is 17.1 Å². The van der Waals surface area contributed by atoms with Gasteiger partial charge in [0.1, 0.15) is 0 Å². The van der Waals surface area contributed by atoms with Gasteiger partial charge in [0.2, 0.25) is 0 Å². The summed E-state index contributed by atoms with van der Waals surface area (Å²) in [6, 6.07) is 47.5. The smallest absolute Gasteiger partial charge is 0.260 e. The van der Waals surface area contributed by atoms with Gasteiger partial charge in [-0.25, -0.2) is 0 Å². The highest BCUT2D eigenvalue weighted by Crippen LogP contribution is 2.58. The summed E-state index contributed by atoms with van der Waals surface area (Å²) in [5, 5.41) is 1.35. The standard InChI is InChI=1S/C49H44BNS/c1-29-17-21-33(22-18-29)51-42-28-32(48(6,7)8)26-40-44(42)50(46-45(51)36-25-30(2)19-24-43(36)52-46)41-27-31(47(3,4)5)20-23-39(41)49(40)37-15-11-9-13-34(37)35-14-10-12-16-38(35)49/h9-28H,1-8H3. The lowest BCUT2D eigenvalue weighted by Crippen LogP contribution is -2.64. The molecule has 6 aromatic carbocycles. The largest absolute Gasteiger partial charge is 0.310 e. The van der Waals surface area contributed by atoms with Crippen molar-refractivity contribution in [1.82, 2.24) is 0 Å². The van der Waals surface area contributed by atoms with Gasteiger partial charge < -0.3 is 4.90 Å². The fourth-order valence-electron chi connectivity index (χ4n) is 9.59. The van der Waals surface area contributed by atoms with Crippen molar-refractivity contribution in [2.75, 3.05) is 4.90 Å². The van der Waals surface area contributed by atoms with Gasteiger partial charge in [0.05, 0.1) is 11.1 Å². The van der Waals surface area contributed by atoms with Crippen LogP contribution in [-0.4, -0.2) is 6.71 Å². The number of fused-ring (bicyclic) bond motifs is 13. The van der Waals surface area contributed by atoms with Gasteiger partial charge in [-0.1, -0.05) is 149 Å². The molecule has 52 heavy (non-hydrogen) atoms. The lowest BCUT2D eigenvalue weighted by Gasteiger charge is -2.48. The van der Waals surface area contributed by atoms with Gasteiger partial charge >= 0.3 is 0 Å². The Balaban J connectivity index is 1.45. The summed E-state index contributed by atoms with van der Waals surface area (Å²) in [6.07, 6.45) is 0. The van der Waals surface area contributed by atoms with Crippen LogP contribution in [0.25, 0.3) is 21.2 Å². The third kappa shape index (κ3) is 4.18. The molecule has 2 aliphatic heterocycles. The van der Waals surface area contributed by atoms with Gasteiger partial charge in [-0.05, 0) is 105 Å². The van der Waals surface area contributed by atoms with Gasteiger partial charge in [-0.15, -0.1) is 11.3 Å². The number of rotatable bonds is 1. The van der Waals surface area contributed by atoms with Crippen molar-refractivity contribution in [3.05, 3.63) is 166 Å². The minimum absolute atomic E-state index is 0.00951. The van der Waals surface area contributed by atoms with Crippen LogP contribution in [-0.2, 0) is 16.2 Å². The van der Waals surface area contributed by atoms with Crippen molar-refractivity contribution in [2.24, 2.45) is 0 Å². The molecule has 0 amide bonds. The highest BCUT2D eigenvalue weighted by molar-refractivity contribution is 7.33. The van der Waals surface area contributed by atoms with Crippen LogP contribution in [0.1, 0.15) is 86.1 Å². The number of aryl methyl sites for hydroxylation is 2. The number of benzene rings is 6. The van der Waals surface area contributed by atoms with Crippen LogP contribution < -0.4 is 20.6 Å². The number of thiophene rings is 1. The monoisotopic (exact) mass is 689 g/mol. The normalized spacial score (nSPS) is 15.0. The summed E-state index contributed by atoms with van der Waals surface area (Å²) in [5.41, 5.74) is 19.9. The highest BCUT2D eigenvalue weighted by Gasteiger charge is 2.56. The Kier molecular flexibility index (Phi) is 6.50. The molecule has 1 spiro atoms. The second kappa shape index (κ2) is 10.6. The average Bonchev–Trinajstić information content (AvgIpc) is 3.63. The third-order valence-corrected chi connectivity index (χ3v) is 13.4. The van der Waals surface area contributed by atoms with Crippen LogP contribution in [0.2, 0.25) is 0 Å². The fraction of sp³-hybridized carbons (Fsp3) is 0.224. The van der Waals surface area contributed by atoms with Crippen molar-refractivity contribution in [1.29, 1.82) is 0 Å². The minimum atomic E-state index is -0.454. The van der Waals surface area contributed by atoms with Crippen molar-refractivity contribution in [2.45, 2.75) is 71.6 Å². The molecule has 7 aromatic rings. The van der Waals surface area contributed by atoms with Gasteiger partial charge in [0.15, 0.2) is 0 Å². The molecule has 3 heteroatoms. The quantitative estimate of drug-likeness (QED) is 0.155. The van der Waals surface area contributed by atoms with Crippen molar-refractivity contribution < 1.29 is 0 Å². The van der Waals surface area contributed by atoms with Crippen LogP contribution >= 0.6 is 11.3 Å². The lowest BCUT2D eigenvalue weighted by atomic mass is 9.31. The van der Waals surface area contributed by atoms with Crippen molar-refractivity contribution >= 4 is 60.9 Å². The van der Waals surface area contributed by atoms with Gasteiger partial charge in [-0.3, -0.25) is 0 Å². The Morgan fingerprint density at radius 1 is 0.577 bits per heavy atom. The molecule has 0 unspecified atom stereocenters. The van der Waals surface area contributed by atoms with E-state index in [0.717, 1.165) is 0 Å². The second-order valence-corrected chi connectivity index (χ2v) is 18.6. The summed E-state index contributed by atoms with van der Waals surface area (Å²) in [7, 11) is 0. The predicted molar refractivity (Wildman–Crippen MR) is 225 cm³/mol. The van der Waals surface area contributed by atoms with Crippen LogP contribution in [0, 0.1) is 13.8 Å². The lowest BCUT2D eigenvalue weighted by molar-refractivity contribution is 0.586. The molecule has 1 aromatic heterocycles. The SMILES string of the molecule is Cc1ccc(N2c3cc(C(C)(C)C)cc4c3B(c3cc(C(C)(C)C)ccc3C43c4ccccc4-c4ccccc43)c3sc4ccc(C)cc4c32)cc1. The van der Waals surface area contributed by atoms with Crippen LogP contribution in [0.15, 0.2) is 121 Å². The maximum Gasteiger partial charge on any atom is 0.260 e.